The number of pyridine rings is 1. The van der Waals surface area contributed by atoms with Gasteiger partial charge in [0.15, 0.2) is 5.65 Å². The molecule has 4 aromatic rings. The van der Waals surface area contributed by atoms with Gasteiger partial charge in [0.1, 0.15) is 5.82 Å². The van der Waals surface area contributed by atoms with Crippen molar-refractivity contribution in [3.63, 3.8) is 0 Å². The van der Waals surface area contributed by atoms with Crippen LogP contribution in [0.3, 0.4) is 0 Å². The van der Waals surface area contributed by atoms with Gasteiger partial charge in [0.25, 0.3) is 5.89 Å². The quantitative estimate of drug-likeness (QED) is 0.550. The maximum Gasteiger partial charge on any atom is 0.258 e. The van der Waals surface area contributed by atoms with Gasteiger partial charge in [0, 0.05) is 21.8 Å². The summed E-state index contributed by atoms with van der Waals surface area (Å²) in [4.78, 5) is 4.45. The van der Waals surface area contributed by atoms with Gasteiger partial charge in [-0.1, -0.05) is 21.1 Å². The van der Waals surface area contributed by atoms with E-state index < -0.39 is 0 Å². The minimum atomic E-state index is 0.489. The molecule has 0 aliphatic carbocycles. The highest BCUT2D eigenvalue weighted by Gasteiger charge is 2.12. The third-order valence-corrected chi connectivity index (χ3v) is 3.88. The molecule has 108 valence electrons. The Kier molecular flexibility index (Phi) is 3.00. The van der Waals surface area contributed by atoms with Crippen molar-refractivity contribution < 1.29 is 4.52 Å². The van der Waals surface area contributed by atoms with Crippen LogP contribution >= 0.6 is 15.9 Å². The summed E-state index contributed by atoms with van der Waals surface area (Å²) in [6.07, 6.45) is 1.90. The number of rotatable bonds is 2. The lowest BCUT2D eigenvalue weighted by Gasteiger charge is -1.97. The molecule has 3 heterocycles. The van der Waals surface area contributed by atoms with Crippen LogP contribution in [0, 0.1) is 6.92 Å². The molecule has 0 N–H and O–H groups in total. The topological polar surface area (TPSA) is 69.1 Å². The molecule has 6 nitrogen and oxygen atoms in total. The fraction of sp³-hybridized carbons (Fsp3) is 0.0667. The van der Waals surface area contributed by atoms with Crippen LogP contribution in [0.1, 0.15) is 5.82 Å². The molecule has 7 heteroatoms. The van der Waals surface area contributed by atoms with Crippen molar-refractivity contribution in [1.82, 2.24) is 24.7 Å². The number of hydrogen-bond donors (Lipinski definition) is 0. The van der Waals surface area contributed by atoms with Gasteiger partial charge in [-0.05, 0) is 43.3 Å². The first-order valence-corrected chi connectivity index (χ1v) is 7.41. The molecule has 0 unspecified atom stereocenters. The van der Waals surface area contributed by atoms with Crippen molar-refractivity contribution in [3.05, 3.63) is 52.9 Å². The Balaban J connectivity index is 1.76. The lowest BCUT2D eigenvalue weighted by atomic mass is 10.2. The van der Waals surface area contributed by atoms with Gasteiger partial charge in [-0.15, -0.1) is 10.2 Å². The van der Waals surface area contributed by atoms with Crippen LogP contribution in [0.2, 0.25) is 0 Å². The van der Waals surface area contributed by atoms with E-state index in [1.54, 1.807) is 0 Å². The van der Waals surface area contributed by atoms with E-state index in [0.29, 0.717) is 11.7 Å². The van der Waals surface area contributed by atoms with E-state index in [2.05, 4.69) is 36.3 Å². The van der Waals surface area contributed by atoms with E-state index in [-0.39, 0.29) is 0 Å². The molecule has 0 radical (unpaired) electrons. The molecule has 22 heavy (non-hydrogen) atoms. The Hall–Kier alpha value is -2.54. The first-order chi connectivity index (χ1) is 10.7. The first-order valence-electron chi connectivity index (χ1n) is 6.62. The Labute approximate surface area is 133 Å². The molecule has 0 aliphatic rings. The minimum Gasteiger partial charge on any atom is -0.334 e. The number of aryl methyl sites for hydroxylation is 1. The van der Waals surface area contributed by atoms with Crippen LogP contribution < -0.4 is 0 Å². The van der Waals surface area contributed by atoms with E-state index in [4.69, 9.17) is 4.52 Å². The number of fused-ring (bicyclic) bond motifs is 1. The monoisotopic (exact) mass is 355 g/mol. The highest BCUT2D eigenvalue weighted by Crippen LogP contribution is 2.24. The third-order valence-electron chi connectivity index (χ3n) is 3.35. The van der Waals surface area contributed by atoms with Crippen LogP contribution in [0.4, 0.5) is 0 Å². The van der Waals surface area contributed by atoms with Gasteiger partial charge < -0.3 is 4.52 Å². The van der Waals surface area contributed by atoms with E-state index in [9.17, 15) is 0 Å². The van der Waals surface area contributed by atoms with Crippen LogP contribution in [-0.4, -0.2) is 24.7 Å². The third kappa shape index (κ3) is 2.19. The Bertz CT molecular complexity index is 958. The summed E-state index contributed by atoms with van der Waals surface area (Å²) in [7, 11) is 0. The fourth-order valence-electron chi connectivity index (χ4n) is 2.19. The van der Waals surface area contributed by atoms with E-state index >= 15 is 0 Å². The standard InChI is InChI=1S/C15H10BrN5O/c1-9-18-19-13-7-4-11(8-21(9)13)14-17-15(22-20-14)10-2-5-12(16)6-3-10/h2-8H,1H3. The van der Waals surface area contributed by atoms with Crippen LogP contribution in [-0.2, 0) is 0 Å². The lowest BCUT2D eigenvalue weighted by molar-refractivity contribution is 0.432. The largest absolute Gasteiger partial charge is 0.334 e. The molecule has 0 saturated heterocycles. The van der Waals surface area contributed by atoms with Crippen molar-refractivity contribution in [2.75, 3.05) is 0 Å². The van der Waals surface area contributed by atoms with Crippen molar-refractivity contribution in [1.29, 1.82) is 0 Å². The van der Waals surface area contributed by atoms with Gasteiger partial charge in [-0.3, -0.25) is 4.40 Å². The SMILES string of the molecule is Cc1nnc2ccc(-c3noc(-c4ccc(Br)cc4)n3)cn12. The van der Waals surface area contributed by atoms with Gasteiger partial charge in [-0.25, -0.2) is 0 Å². The summed E-state index contributed by atoms with van der Waals surface area (Å²) in [5.74, 6) is 1.84. The zero-order valence-electron chi connectivity index (χ0n) is 11.6. The second kappa shape index (κ2) is 5.03. The summed E-state index contributed by atoms with van der Waals surface area (Å²) < 4.78 is 8.25. The van der Waals surface area contributed by atoms with E-state index in [1.807, 2.05) is 53.9 Å². The number of hydrogen-bond acceptors (Lipinski definition) is 5. The van der Waals surface area contributed by atoms with Gasteiger partial charge >= 0.3 is 0 Å². The highest BCUT2D eigenvalue weighted by molar-refractivity contribution is 9.10. The lowest BCUT2D eigenvalue weighted by Crippen LogP contribution is -1.90. The van der Waals surface area contributed by atoms with Crippen LogP contribution in [0.5, 0.6) is 0 Å². The molecule has 1 aromatic carbocycles. The maximum atomic E-state index is 5.35. The maximum absolute atomic E-state index is 5.35. The summed E-state index contributed by atoms with van der Waals surface area (Å²) in [6.45, 7) is 1.90. The number of nitrogens with zero attached hydrogens (tertiary/aromatic N) is 5. The normalized spacial score (nSPS) is 11.2. The average molecular weight is 356 g/mol. The number of halogens is 1. The zero-order valence-corrected chi connectivity index (χ0v) is 13.1. The van der Waals surface area contributed by atoms with Crippen LogP contribution in [0.15, 0.2) is 51.6 Å². The molecular formula is C15H10BrN5O. The second-order valence-corrected chi connectivity index (χ2v) is 5.74. The predicted molar refractivity (Wildman–Crippen MR) is 84.2 cm³/mol. The molecule has 0 bridgehead atoms. The highest BCUT2D eigenvalue weighted by atomic mass is 79.9. The van der Waals surface area contributed by atoms with Crippen molar-refractivity contribution in [2.45, 2.75) is 6.92 Å². The summed E-state index contributed by atoms with van der Waals surface area (Å²) in [5.41, 5.74) is 2.52. The smallest absolute Gasteiger partial charge is 0.258 e. The molecule has 4 rings (SSSR count). The molecular weight excluding hydrogens is 346 g/mol. The molecule has 0 saturated carbocycles. The van der Waals surface area contributed by atoms with Gasteiger partial charge in [0.2, 0.25) is 5.82 Å². The van der Waals surface area contributed by atoms with Gasteiger partial charge in [0.05, 0.1) is 0 Å². The summed E-state index contributed by atoms with van der Waals surface area (Å²) in [5, 5.41) is 12.1. The Morgan fingerprint density at radius 2 is 1.77 bits per heavy atom. The number of aromatic nitrogens is 5. The van der Waals surface area contributed by atoms with Gasteiger partial charge in [-0.2, -0.15) is 4.98 Å². The zero-order chi connectivity index (χ0) is 15.1. The van der Waals surface area contributed by atoms with Crippen molar-refractivity contribution in [3.8, 4) is 22.8 Å². The summed E-state index contributed by atoms with van der Waals surface area (Å²) in [6, 6.07) is 11.5. The van der Waals surface area contributed by atoms with Crippen molar-refractivity contribution in [2.24, 2.45) is 0 Å². The number of benzene rings is 1. The molecule has 3 aromatic heterocycles. The second-order valence-electron chi connectivity index (χ2n) is 4.82. The van der Waals surface area contributed by atoms with Crippen LogP contribution in [0.25, 0.3) is 28.5 Å². The molecule has 0 atom stereocenters. The first kappa shape index (κ1) is 13.1. The molecule has 0 fully saturated rings. The van der Waals surface area contributed by atoms with E-state index in [0.717, 1.165) is 27.1 Å². The Morgan fingerprint density at radius 3 is 2.59 bits per heavy atom. The fourth-order valence-corrected chi connectivity index (χ4v) is 2.45. The molecule has 0 amide bonds. The Morgan fingerprint density at radius 1 is 1.00 bits per heavy atom. The minimum absolute atomic E-state index is 0.489. The molecule has 0 aliphatic heterocycles. The predicted octanol–water partition coefficient (Wildman–Crippen LogP) is 3.52. The molecule has 0 spiro atoms. The average Bonchev–Trinajstić information content (AvgIpc) is 3.16. The summed E-state index contributed by atoms with van der Waals surface area (Å²) >= 11 is 3.40. The van der Waals surface area contributed by atoms with E-state index in [1.165, 1.54) is 0 Å². The van der Waals surface area contributed by atoms with Crippen molar-refractivity contribution >= 4 is 21.6 Å².